The average Bonchev–Trinajstić information content (AvgIpc) is 2.74. The van der Waals surface area contributed by atoms with Crippen LogP contribution < -0.4 is 18.9 Å². The molecule has 144 valence electrons. The quantitative estimate of drug-likeness (QED) is 0.769. The second-order valence-corrected chi connectivity index (χ2v) is 7.23. The van der Waals surface area contributed by atoms with Crippen molar-refractivity contribution in [2.45, 2.75) is 25.4 Å². The molecule has 0 aliphatic carbocycles. The molecule has 0 aromatic heterocycles. The zero-order valence-corrected chi connectivity index (χ0v) is 16.3. The van der Waals surface area contributed by atoms with Crippen LogP contribution in [0.3, 0.4) is 0 Å². The first kappa shape index (κ1) is 14.6. The second-order valence-electron chi connectivity index (χ2n) is 7.23. The molecule has 5 heteroatoms. The topological polar surface area (TPSA) is 36.9 Å². The highest BCUT2D eigenvalue weighted by Gasteiger charge is 2.44. The maximum absolute atomic E-state index is 8.51. The van der Waals surface area contributed by atoms with Crippen LogP contribution in [0.25, 0.3) is 0 Å². The minimum atomic E-state index is -2.18. The molecule has 0 fully saturated rings. The van der Waals surface area contributed by atoms with E-state index in [1.165, 1.54) is 0 Å². The van der Waals surface area contributed by atoms with E-state index >= 15 is 0 Å². The molecule has 27 heavy (non-hydrogen) atoms. The van der Waals surface area contributed by atoms with E-state index < -0.39 is 6.98 Å². The summed E-state index contributed by atoms with van der Waals surface area (Å²) in [4.78, 5) is 0. The van der Waals surface area contributed by atoms with Gasteiger partial charge < -0.3 is 23.4 Å². The third-order valence-electron chi connectivity index (χ3n) is 5.98. The van der Waals surface area contributed by atoms with Crippen molar-refractivity contribution in [3.8, 4) is 23.0 Å². The molecule has 0 spiro atoms. The SMILES string of the molecule is [2H]C([2H])([2H])[N+]12CCc3cc(OC)c(OC)cc3[C@@H]1Cc1ccc(OC)c(OC)c1C2. The molecule has 2 heterocycles. The zero-order chi connectivity index (χ0) is 21.7. The number of hydrogen-bond donors (Lipinski definition) is 0. The van der Waals surface area contributed by atoms with Crippen LogP contribution in [0.4, 0.5) is 0 Å². The van der Waals surface area contributed by atoms with Crippen molar-refractivity contribution >= 4 is 0 Å². The number of fused-ring (bicyclic) bond motifs is 4. The highest BCUT2D eigenvalue weighted by atomic mass is 16.5. The summed E-state index contributed by atoms with van der Waals surface area (Å²) >= 11 is 0. The molecule has 4 rings (SSSR count). The molecule has 2 aliphatic rings. The third-order valence-corrected chi connectivity index (χ3v) is 5.98. The Hall–Kier alpha value is -2.40. The lowest BCUT2D eigenvalue weighted by molar-refractivity contribution is -0.956. The fraction of sp³-hybridized carbons (Fsp3) is 0.455. The van der Waals surface area contributed by atoms with Gasteiger partial charge in [-0.3, -0.25) is 0 Å². The van der Waals surface area contributed by atoms with Gasteiger partial charge in [-0.2, -0.15) is 0 Å². The van der Waals surface area contributed by atoms with E-state index in [0.29, 0.717) is 48.9 Å². The standard InChI is InChI=1S/C22H28NO4/c1-23-9-8-15-11-20(25-3)21(26-4)12-16(15)18(23)10-14-6-7-19(24-2)22(27-5)17(14)13-23/h6-7,11-12,18H,8-10,13H2,1-5H3/q+1/t18-,23?/m0/s1/i1D3. The summed E-state index contributed by atoms with van der Waals surface area (Å²) < 4.78 is 47.6. The predicted octanol–water partition coefficient (Wildman–Crippen LogP) is 3.52. The summed E-state index contributed by atoms with van der Waals surface area (Å²) in [7, 11) is 6.42. The van der Waals surface area contributed by atoms with Crippen LogP contribution in [0.15, 0.2) is 24.3 Å². The molecule has 0 bridgehead atoms. The Balaban J connectivity index is 1.92. The molecule has 1 unspecified atom stereocenters. The molecule has 2 aromatic rings. The summed E-state index contributed by atoms with van der Waals surface area (Å²) in [5.74, 6) is 2.56. The molecular formula is C22H28NO4+. The second kappa shape index (κ2) is 6.64. The van der Waals surface area contributed by atoms with E-state index in [1.807, 2.05) is 24.3 Å². The highest BCUT2D eigenvalue weighted by molar-refractivity contribution is 5.53. The Kier molecular flexibility index (Phi) is 3.60. The van der Waals surface area contributed by atoms with Crippen molar-refractivity contribution in [1.29, 1.82) is 0 Å². The number of nitrogens with zero attached hydrogens (tertiary/aromatic N) is 1. The van der Waals surface area contributed by atoms with Crippen LogP contribution in [0.5, 0.6) is 23.0 Å². The first-order chi connectivity index (χ1) is 14.3. The monoisotopic (exact) mass is 373 g/mol. The third kappa shape index (κ3) is 2.72. The van der Waals surface area contributed by atoms with E-state index in [4.69, 9.17) is 23.1 Å². The van der Waals surface area contributed by atoms with Gasteiger partial charge in [0.2, 0.25) is 0 Å². The first-order valence-corrected chi connectivity index (χ1v) is 9.14. The Morgan fingerprint density at radius 3 is 2.33 bits per heavy atom. The van der Waals surface area contributed by atoms with E-state index in [1.54, 1.807) is 28.4 Å². The zero-order valence-electron chi connectivity index (χ0n) is 19.3. The van der Waals surface area contributed by atoms with Gasteiger partial charge in [-0.25, -0.2) is 0 Å². The van der Waals surface area contributed by atoms with Crippen LogP contribution in [0.2, 0.25) is 0 Å². The lowest BCUT2D eigenvalue weighted by Gasteiger charge is -2.49. The minimum Gasteiger partial charge on any atom is -0.493 e. The lowest BCUT2D eigenvalue weighted by atomic mass is 9.81. The predicted molar refractivity (Wildman–Crippen MR) is 104 cm³/mol. The van der Waals surface area contributed by atoms with Crippen molar-refractivity contribution in [3.05, 3.63) is 46.5 Å². The number of quaternary nitrogens is 1. The number of rotatable bonds is 4. The van der Waals surface area contributed by atoms with E-state index in [0.717, 1.165) is 22.3 Å². The van der Waals surface area contributed by atoms with Crippen molar-refractivity contribution in [3.63, 3.8) is 0 Å². The van der Waals surface area contributed by atoms with Gasteiger partial charge in [-0.15, -0.1) is 0 Å². The van der Waals surface area contributed by atoms with Gasteiger partial charge >= 0.3 is 0 Å². The Morgan fingerprint density at radius 1 is 0.926 bits per heavy atom. The largest absolute Gasteiger partial charge is 0.493 e. The van der Waals surface area contributed by atoms with E-state index in [-0.39, 0.29) is 10.5 Å². The molecule has 0 saturated heterocycles. The molecule has 5 nitrogen and oxygen atoms in total. The van der Waals surface area contributed by atoms with Crippen molar-refractivity contribution < 1.29 is 27.5 Å². The van der Waals surface area contributed by atoms with Gasteiger partial charge in [0.05, 0.1) is 51.6 Å². The number of benzene rings is 2. The van der Waals surface area contributed by atoms with Gasteiger partial charge in [0.1, 0.15) is 12.6 Å². The summed E-state index contributed by atoms with van der Waals surface area (Å²) in [6.07, 6.45) is 1.27. The van der Waals surface area contributed by atoms with Gasteiger partial charge in [-0.05, 0) is 29.3 Å². The summed E-state index contributed by atoms with van der Waals surface area (Å²) in [5.41, 5.74) is 4.17. The smallest absolute Gasteiger partial charge is 0.169 e. The van der Waals surface area contributed by atoms with Crippen LogP contribution in [0.1, 0.15) is 32.4 Å². The minimum absolute atomic E-state index is 0.00793. The van der Waals surface area contributed by atoms with E-state index in [9.17, 15) is 0 Å². The number of ether oxygens (including phenoxy) is 4. The summed E-state index contributed by atoms with van der Waals surface area (Å²) in [6.45, 7) is -1.30. The molecule has 0 amide bonds. The van der Waals surface area contributed by atoms with Crippen molar-refractivity contribution in [2.24, 2.45) is 0 Å². The van der Waals surface area contributed by atoms with Crippen molar-refractivity contribution in [2.75, 3.05) is 42.0 Å². The molecule has 0 saturated carbocycles. The maximum atomic E-state index is 8.51. The number of likely N-dealkylation sites (N-methyl/N-ethyl adjacent to an activating group) is 1. The normalized spacial score (nSPS) is 25.0. The maximum Gasteiger partial charge on any atom is 0.169 e. The Bertz CT molecular complexity index is 976. The molecular weight excluding hydrogens is 342 g/mol. The summed E-state index contributed by atoms with van der Waals surface area (Å²) in [5, 5.41) is 0. The van der Waals surface area contributed by atoms with Gasteiger partial charge in [0.25, 0.3) is 0 Å². The number of methoxy groups -OCH3 is 4. The molecule has 0 radical (unpaired) electrons. The van der Waals surface area contributed by atoms with Crippen LogP contribution in [-0.4, -0.2) is 46.4 Å². The van der Waals surface area contributed by atoms with Gasteiger partial charge in [0.15, 0.2) is 23.0 Å². The fourth-order valence-electron chi connectivity index (χ4n) is 4.57. The van der Waals surface area contributed by atoms with Crippen LogP contribution in [0, 0.1) is 0 Å². The molecule has 2 atom stereocenters. The first-order valence-electron chi connectivity index (χ1n) is 10.6. The molecule has 2 aliphatic heterocycles. The average molecular weight is 373 g/mol. The Labute approximate surface area is 165 Å². The van der Waals surface area contributed by atoms with E-state index in [2.05, 4.69) is 0 Å². The highest BCUT2D eigenvalue weighted by Crippen LogP contribution is 2.48. The van der Waals surface area contributed by atoms with Gasteiger partial charge in [-0.1, -0.05) is 6.07 Å². The van der Waals surface area contributed by atoms with Crippen LogP contribution in [-0.2, 0) is 19.4 Å². The number of hydrogen-bond acceptors (Lipinski definition) is 4. The lowest BCUT2D eigenvalue weighted by Crippen LogP contribution is -2.53. The molecule has 2 aromatic carbocycles. The Morgan fingerprint density at radius 2 is 1.67 bits per heavy atom. The van der Waals surface area contributed by atoms with Crippen molar-refractivity contribution in [1.82, 2.24) is 0 Å². The summed E-state index contributed by atoms with van der Waals surface area (Å²) in [6, 6.07) is 7.67. The fourth-order valence-corrected chi connectivity index (χ4v) is 4.57. The van der Waals surface area contributed by atoms with Crippen LogP contribution >= 0.6 is 0 Å². The molecule has 0 N–H and O–H groups in total. The van der Waals surface area contributed by atoms with Gasteiger partial charge in [0, 0.05) is 18.4 Å².